The van der Waals surface area contributed by atoms with Gasteiger partial charge in [-0.15, -0.1) is 0 Å². The first kappa shape index (κ1) is 21.7. The van der Waals surface area contributed by atoms with Gasteiger partial charge in [-0.05, 0) is 55.9 Å². The fourth-order valence-electron chi connectivity index (χ4n) is 4.38. The Balaban J connectivity index is 1.60. The number of hydrogen-bond acceptors (Lipinski definition) is 3. The van der Waals surface area contributed by atoms with Gasteiger partial charge in [-0.1, -0.05) is 50.6 Å². The fourth-order valence-corrected chi connectivity index (χ4v) is 4.38. The topological polar surface area (TPSA) is 47.4 Å². The molecule has 0 unspecified atom stereocenters. The van der Waals surface area contributed by atoms with Crippen molar-refractivity contribution in [1.82, 2.24) is 14.7 Å². The summed E-state index contributed by atoms with van der Waals surface area (Å²) < 4.78 is 22.5. The van der Waals surface area contributed by atoms with Gasteiger partial charge in [-0.25, -0.2) is 9.07 Å². The zero-order valence-corrected chi connectivity index (χ0v) is 19.2. The highest BCUT2D eigenvalue weighted by Crippen LogP contribution is 2.40. The van der Waals surface area contributed by atoms with Crippen LogP contribution in [0.5, 0.6) is 11.6 Å². The Morgan fingerprint density at radius 1 is 1.09 bits per heavy atom. The summed E-state index contributed by atoms with van der Waals surface area (Å²) in [5, 5.41) is 4.91. The molecular formula is C27H30FN3O2. The summed E-state index contributed by atoms with van der Waals surface area (Å²) in [5.41, 5.74) is 2.56. The lowest BCUT2D eigenvalue weighted by Crippen LogP contribution is -2.40. The van der Waals surface area contributed by atoms with Crippen molar-refractivity contribution in [3.63, 3.8) is 0 Å². The molecule has 5 nitrogen and oxygen atoms in total. The number of rotatable bonds is 8. The minimum Gasteiger partial charge on any atom is -0.435 e. The number of benzene rings is 2. The van der Waals surface area contributed by atoms with Gasteiger partial charge in [0.25, 0.3) is 0 Å². The maximum atomic E-state index is 14.6. The molecule has 2 saturated carbocycles. The third kappa shape index (κ3) is 4.39. The van der Waals surface area contributed by atoms with Gasteiger partial charge < -0.3 is 9.64 Å². The van der Waals surface area contributed by atoms with Crippen molar-refractivity contribution in [2.24, 2.45) is 5.92 Å². The van der Waals surface area contributed by atoms with Crippen LogP contribution in [0.1, 0.15) is 63.1 Å². The molecule has 2 aliphatic carbocycles. The van der Waals surface area contributed by atoms with Gasteiger partial charge in [-0.2, -0.15) is 5.10 Å². The minimum absolute atomic E-state index is 0.118. The van der Waals surface area contributed by atoms with Gasteiger partial charge in [0.1, 0.15) is 0 Å². The first-order valence-corrected chi connectivity index (χ1v) is 11.9. The molecule has 1 amide bonds. The maximum absolute atomic E-state index is 14.6. The average Bonchev–Trinajstić information content (AvgIpc) is 3.55. The number of nitrogens with zero attached hydrogens (tertiary/aromatic N) is 3. The highest BCUT2D eigenvalue weighted by Gasteiger charge is 2.39. The predicted octanol–water partition coefficient (Wildman–Crippen LogP) is 6.22. The first-order chi connectivity index (χ1) is 16.0. The van der Waals surface area contributed by atoms with Crippen LogP contribution in [0.25, 0.3) is 5.69 Å². The highest BCUT2D eigenvalue weighted by molar-refractivity contribution is 5.80. The van der Waals surface area contributed by atoms with Crippen molar-refractivity contribution in [3.05, 3.63) is 71.7 Å². The Hall–Kier alpha value is -3.15. The standard InChI is InChI=1S/C27H30FN3O2/c1-18(2)25-22(17-30(20-15-16-20)26(32)19-9-8-10-19)27(33-24-14-7-6-13-23(24)28)31(29-25)21-11-4-3-5-12-21/h3-7,11-14,18-20H,8-10,15-17H2,1-2H3. The monoisotopic (exact) mass is 447 g/mol. The molecule has 2 aliphatic rings. The summed E-state index contributed by atoms with van der Waals surface area (Å²) in [6.07, 6.45) is 5.14. The van der Waals surface area contributed by atoms with Crippen LogP contribution in [0.3, 0.4) is 0 Å². The smallest absolute Gasteiger partial charge is 0.228 e. The second-order valence-corrected chi connectivity index (χ2v) is 9.43. The van der Waals surface area contributed by atoms with E-state index in [0.717, 1.165) is 49.0 Å². The molecule has 3 aromatic rings. The van der Waals surface area contributed by atoms with Crippen LogP contribution >= 0.6 is 0 Å². The first-order valence-electron chi connectivity index (χ1n) is 11.9. The molecule has 2 aromatic carbocycles. The van der Waals surface area contributed by atoms with E-state index in [1.165, 1.54) is 6.07 Å². The van der Waals surface area contributed by atoms with Crippen LogP contribution in [0.2, 0.25) is 0 Å². The van der Waals surface area contributed by atoms with Crippen molar-refractivity contribution in [1.29, 1.82) is 0 Å². The van der Waals surface area contributed by atoms with Crippen molar-refractivity contribution in [3.8, 4) is 17.3 Å². The van der Waals surface area contributed by atoms with E-state index in [9.17, 15) is 9.18 Å². The van der Waals surface area contributed by atoms with Crippen LogP contribution < -0.4 is 4.74 Å². The molecule has 0 N–H and O–H groups in total. The Bertz CT molecular complexity index is 1130. The lowest BCUT2D eigenvalue weighted by Gasteiger charge is -2.32. The Labute approximate surface area is 194 Å². The molecule has 0 aliphatic heterocycles. The lowest BCUT2D eigenvalue weighted by molar-refractivity contribution is -0.139. The number of aromatic nitrogens is 2. The van der Waals surface area contributed by atoms with Crippen LogP contribution in [0, 0.1) is 11.7 Å². The van der Waals surface area contributed by atoms with E-state index >= 15 is 0 Å². The van der Waals surface area contributed by atoms with Gasteiger partial charge in [0, 0.05) is 12.0 Å². The van der Waals surface area contributed by atoms with Crippen LogP contribution in [0.15, 0.2) is 54.6 Å². The van der Waals surface area contributed by atoms with E-state index in [1.54, 1.807) is 22.9 Å². The normalized spacial score (nSPS) is 16.0. The Kier molecular flexibility index (Phi) is 5.92. The fraction of sp³-hybridized carbons (Fsp3) is 0.407. The Morgan fingerprint density at radius 2 is 1.79 bits per heavy atom. The van der Waals surface area contributed by atoms with E-state index in [1.807, 2.05) is 35.2 Å². The van der Waals surface area contributed by atoms with Gasteiger partial charge in [0.05, 0.1) is 23.5 Å². The maximum Gasteiger partial charge on any atom is 0.228 e. The van der Waals surface area contributed by atoms with Crippen LogP contribution in [-0.4, -0.2) is 26.6 Å². The molecule has 1 aromatic heterocycles. The summed E-state index contributed by atoms with van der Waals surface area (Å²) in [7, 11) is 0. The molecule has 0 spiro atoms. The predicted molar refractivity (Wildman–Crippen MR) is 125 cm³/mol. The molecule has 0 atom stereocenters. The number of ether oxygens (including phenoxy) is 1. The zero-order valence-electron chi connectivity index (χ0n) is 19.2. The molecule has 6 heteroatoms. The highest BCUT2D eigenvalue weighted by atomic mass is 19.1. The molecule has 33 heavy (non-hydrogen) atoms. The molecule has 0 bridgehead atoms. The number of para-hydroxylation sites is 2. The van der Waals surface area contributed by atoms with E-state index in [-0.39, 0.29) is 29.5 Å². The summed E-state index contributed by atoms with van der Waals surface area (Å²) >= 11 is 0. The minimum atomic E-state index is -0.431. The molecule has 5 rings (SSSR count). The molecule has 0 radical (unpaired) electrons. The third-order valence-electron chi connectivity index (χ3n) is 6.61. The molecular weight excluding hydrogens is 417 g/mol. The van der Waals surface area contributed by atoms with E-state index in [2.05, 4.69) is 13.8 Å². The van der Waals surface area contributed by atoms with E-state index in [4.69, 9.17) is 9.84 Å². The quantitative estimate of drug-likeness (QED) is 0.412. The summed E-state index contributed by atoms with van der Waals surface area (Å²) in [6.45, 7) is 4.61. The second-order valence-electron chi connectivity index (χ2n) is 9.43. The number of amides is 1. The van der Waals surface area contributed by atoms with Gasteiger partial charge >= 0.3 is 0 Å². The van der Waals surface area contributed by atoms with Crippen molar-refractivity contribution >= 4 is 5.91 Å². The molecule has 172 valence electrons. The summed E-state index contributed by atoms with van der Waals surface area (Å²) in [5.74, 6) is 0.681. The second kappa shape index (κ2) is 9.00. The van der Waals surface area contributed by atoms with Crippen molar-refractivity contribution < 1.29 is 13.9 Å². The SMILES string of the molecule is CC(C)c1nn(-c2ccccc2)c(Oc2ccccc2F)c1CN(C(=O)C1CCC1)C1CC1. The average molecular weight is 448 g/mol. The Morgan fingerprint density at radius 3 is 2.39 bits per heavy atom. The third-order valence-corrected chi connectivity index (χ3v) is 6.61. The lowest BCUT2D eigenvalue weighted by atomic mass is 9.84. The number of hydrogen-bond donors (Lipinski definition) is 0. The zero-order chi connectivity index (χ0) is 22.9. The molecule has 1 heterocycles. The van der Waals surface area contributed by atoms with Gasteiger partial charge in [0.2, 0.25) is 11.8 Å². The van der Waals surface area contributed by atoms with Gasteiger partial charge in [-0.3, -0.25) is 4.79 Å². The van der Waals surface area contributed by atoms with E-state index in [0.29, 0.717) is 12.4 Å². The number of carbonyl (C=O) groups is 1. The van der Waals surface area contributed by atoms with Crippen LogP contribution in [-0.2, 0) is 11.3 Å². The van der Waals surface area contributed by atoms with Crippen molar-refractivity contribution in [2.75, 3.05) is 0 Å². The summed E-state index contributed by atoms with van der Waals surface area (Å²) in [4.78, 5) is 15.3. The van der Waals surface area contributed by atoms with E-state index < -0.39 is 5.82 Å². The number of halogens is 1. The number of carbonyl (C=O) groups excluding carboxylic acids is 1. The molecule has 2 fully saturated rings. The largest absolute Gasteiger partial charge is 0.435 e. The van der Waals surface area contributed by atoms with Crippen LogP contribution in [0.4, 0.5) is 4.39 Å². The molecule has 0 saturated heterocycles. The van der Waals surface area contributed by atoms with Crippen molar-refractivity contribution in [2.45, 2.75) is 64.5 Å². The van der Waals surface area contributed by atoms with Gasteiger partial charge in [0.15, 0.2) is 11.6 Å². The summed E-state index contributed by atoms with van der Waals surface area (Å²) in [6, 6.07) is 16.4.